The molecule has 1 N–H and O–H groups in total. The second-order valence-electron chi connectivity index (χ2n) is 11.7. The second kappa shape index (κ2) is 13.0. The molecule has 188 valence electrons. The van der Waals surface area contributed by atoms with Crippen LogP contribution in [0.1, 0.15) is 120 Å². The first-order valence-corrected chi connectivity index (χ1v) is 13.3. The van der Waals surface area contributed by atoms with Crippen LogP contribution >= 0.6 is 0 Å². The molecule has 5 atom stereocenters. The van der Waals surface area contributed by atoms with E-state index in [2.05, 4.69) is 41.5 Å². The van der Waals surface area contributed by atoms with E-state index in [4.69, 9.17) is 9.84 Å². The Bertz CT molecular complexity index is 578. The summed E-state index contributed by atoms with van der Waals surface area (Å²) < 4.78 is 4.94. The van der Waals surface area contributed by atoms with Gasteiger partial charge in [0.1, 0.15) is 0 Å². The van der Waals surface area contributed by atoms with E-state index in [9.17, 15) is 9.59 Å². The summed E-state index contributed by atoms with van der Waals surface area (Å²) in [6.45, 7) is 18.5. The van der Waals surface area contributed by atoms with Crippen molar-refractivity contribution in [2.75, 3.05) is 6.61 Å². The van der Waals surface area contributed by atoms with Crippen LogP contribution in [0.15, 0.2) is 0 Å². The van der Waals surface area contributed by atoms with E-state index in [1.807, 2.05) is 13.8 Å². The van der Waals surface area contributed by atoms with Crippen LogP contribution < -0.4 is 0 Å². The average molecular weight is 453 g/mol. The molecule has 0 aromatic carbocycles. The molecule has 0 saturated heterocycles. The van der Waals surface area contributed by atoms with Crippen molar-refractivity contribution >= 4 is 11.9 Å². The molecule has 0 heterocycles. The second-order valence-corrected chi connectivity index (χ2v) is 11.7. The first kappa shape index (κ1) is 29.0. The molecule has 0 bridgehead atoms. The van der Waals surface area contributed by atoms with Crippen LogP contribution in [0.25, 0.3) is 0 Å². The Labute approximate surface area is 198 Å². The molecule has 4 heteroatoms. The van der Waals surface area contributed by atoms with Crippen LogP contribution in [0.5, 0.6) is 0 Å². The van der Waals surface area contributed by atoms with Gasteiger partial charge < -0.3 is 9.84 Å². The van der Waals surface area contributed by atoms with Gasteiger partial charge in [0.05, 0.1) is 12.5 Å². The molecule has 2 fully saturated rings. The number of carboxylic acids is 1. The summed E-state index contributed by atoms with van der Waals surface area (Å²) >= 11 is 0. The summed E-state index contributed by atoms with van der Waals surface area (Å²) in [4.78, 5) is 22.2. The molecule has 0 spiro atoms. The van der Waals surface area contributed by atoms with Gasteiger partial charge in [-0.05, 0) is 99.2 Å². The van der Waals surface area contributed by atoms with Crippen molar-refractivity contribution in [1.82, 2.24) is 0 Å². The topological polar surface area (TPSA) is 63.6 Å². The van der Waals surface area contributed by atoms with E-state index in [-0.39, 0.29) is 11.9 Å². The maximum Gasteiger partial charge on any atom is 0.306 e. The van der Waals surface area contributed by atoms with Gasteiger partial charge in [-0.2, -0.15) is 0 Å². The Morgan fingerprint density at radius 2 is 1.41 bits per heavy atom. The smallest absolute Gasteiger partial charge is 0.306 e. The van der Waals surface area contributed by atoms with Gasteiger partial charge in [0, 0.05) is 6.42 Å². The van der Waals surface area contributed by atoms with Gasteiger partial charge in [-0.1, -0.05) is 48.5 Å². The predicted molar refractivity (Wildman–Crippen MR) is 132 cm³/mol. The average Bonchev–Trinajstić information content (AvgIpc) is 3.11. The zero-order valence-electron chi connectivity index (χ0n) is 22.3. The third kappa shape index (κ3) is 8.06. The van der Waals surface area contributed by atoms with E-state index < -0.39 is 5.97 Å². The summed E-state index contributed by atoms with van der Waals surface area (Å²) in [5, 5.41) is 9.03. The van der Waals surface area contributed by atoms with Gasteiger partial charge in [0.25, 0.3) is 0 Å². The van der Waals surface area contributed by atoms with Crippen molar-refractivity contribution in [3.05, 3.63) is 0 Å². The minimum Gasteiger partial charge on any atom is -0.481 e. The molecular formula is C28H52O4. The van der Waals surface area contributed by atoms with Crippen LogP contribution in [-0.4, -0.2) is 23.7 Å². The van der Waals surface area contributed by atoms with Gasteiger partial charge in [0.2, 0.25) is 0 Å². The maximum atomic E-state index is 11.2. The van der Waals surface area contributed by atoms with Gasteiger partial charge in [-0.3, -0.25) is 9.59 Å². The van der Waals surface area contributed by atoms with Crippen molar-refractivity contribution in [2.45, 2.75) is 120 Å². The van der Waals surface area contributed by atoms with E-state index in [0.29, 0.717) is 23.9 Å². The van der Waals surface area contributed by atoms with Crippen LogP contribution in [0.3, 0.4) is 0 Å². The van der Waals surface area contributed by atoms with Crippen molar-refractivity contribution in [2.24, 2.45) is 40.4 Å². The van der Waals surface area contributed by atoms with Crippen LogP contribution in [0.2, 0.25) is 0 Å². The van der Waals surface area contributed by atoms with Gasteiger partial charge in [0.15, 0.2) is 0 Å². The lowest BCUT2D eigenvalue weighted by Gasteiger charge is -2.31. The molecule has 32 heavy (non-hydrogen) atoms. The summed E-state index contributed by atoms with van der Waals surface area (Å²) in [6.07, 6.45) is 10.7. The number of aliphatic carboxylic acids is 1. The standard InChI is InChI=1S/2C14H26O2/c1-5-11(13(15)16)7-9-12-8-6-10(2)14(12,3)4;1-5-16-13(15)8-6-7-12-10-9-11(2)14(12,3)4/h10-12H,5-9H2,1-4H3,(H,15,16);11-12H,5-10H2,1-4H3. The molecule has 2 aliphatic rings. The third-order valence-electron chi connectivity index (χ3n) is 9.49. The highest BCUT2D eigenvalue weighted by atomic mass is 16.5. The number of carbonyl (C=O) groups excluding carboxylic acids is 1. The molecule has 0 radical (unpaired) electrons. The molecule has 2 saturated carbocycles. The largest absolute Gasteiger partial charge is 0.481 e. The molecular weight excluding hydrogens is 400 g/mol. The SMILES string of the molecule is CCC(CCC1CCC(C)C1(C)C)C(=O)O.CCOC(=O)CCCC1CCC(C)C1(C)C. The normalized spacial score (nSPS) is 29.1. The number of carboxylic acid groups (broad SMARTS) is 1. The summed E-state index contributed by atoms with van der Waals surface area (Å²) in [6, 6.07) is 0. The third-order valence-corrected chi connectivity index (χ3v) is 9.49. The number of hydrogen-bond acceptors (Lipinski definition) is 3. The number of carbonyl (C=O) groups is 2. The quantitative estimate of drug-likeness (QED) is 0.344. The number of rotatable bonds is 10. The minimum absolute atomic E-state index is 0.0358. The number of ether oxygens (including phenoxy) is 1. The molecule has 5 unspecified atom stereocenters. The van der Waals surface area contributed by atoms with E-state index in [1.165, 1.54) is 32.1 Å². The van der Waals surface area contributed by atoms with E-state index >= 15 is 0 Å². The highest BCUT2D eigenvalue weighted by Gasteiger charge is 2.40. The van der Waals surface area contributed by atoms with Crippen molar-refractivity contribution in [1.29, 1.82) is 0 Å². The Morgan fingerprint density at radius 1 is 0.906 bits per heavy atom. The zero-order chi connectivity index (χ0) is 24.5. The summed E-state index contributed by atoms with van der Waals surface area (Å²) in [5.74, 6) is 2.32. The fraction of sp³-hybridized carbons (Fsp3) is 0.929. The lowest BCUT2D eigenvalue weighted by Crippen LogP contribution is -2.24. The van der Waals surface area contributed by atoms with E-state index in [1.54, 1.807) is 0 Å². The highest BCUT2D eigenvalue weighted by molar-refractivity contribution is 5.69. The highest BCUT2D eigenvalue weighted by Crippen LogP contribution is 2.50. The molecule has 0 aromatic rings. The Morgan fingerprint density at radius 3 is 1.78 bits per heavy atom. The summed E-state index contributed by atoms with van der Waals surface area (Å²) in [5.41, 5.74) is 0.853. The predicted octanol–water partition coefficient (Wildman–Crippen LogP) is 7.74. The molecule has 2 rings (SSSR count). The Hall–Kier alpha value is -1.06. The monoisotopic (exact) mass is 452 g/mol. The van der Waals surface area contributed by atoms with Crippen molar-refractivity contribution in [3.63, 3.8) is 0 Å². The van der Waals surface area contributed by atoms with Crippen molar-refractivity contribution < 1.29 is 19.4 Å². The maximum absolute atomic E-state index is 11.2. The summed E-state index contributed by atoms with van der Waals surface area (Å²) in [7, 11) is 0. The minimum atomic E-state index is -0.619. The zero-order valence-corrected chi connectivity index (χ0v) is 22.3. The lowest BCUT2D eigenvalue weighted by molar-refractivity contribution is -0.143. The van der Waals surface area contributed by atoms with Crippen molar-refractivity contribution in [3.8, 4) is 0 Å². The first-order valence-electron chi connectivity index (χ1n) is 13.3. The van der Waals surface area contributed by atoms with Crippen LogP contribution in [0.4, 0.5) is 0 Å². The van der Waals surface area contributed by atoms with Gasteiger partial charge >= 0.3 is 11.9 Å². The molecule has 4 nitrogen and oxygen atoms in total. The molecule has 0 aliphatic heterocycles. The first-order chi connectivity index (χ1) is 14.9. The number of hydrogen-bond donors (Lipinski definition) is 1. The fourth-order valence-corrected chi connectivity index (χ4v) is 5.86. The van der Waals surface area contributed by atoms with Gasteiger partial charge in [-0.25, -0.2) is 0 Å². The van der Waals surface area contributed by atoms with Crippen LogP contribution in [-0.2, 0) is 14.3 Å². The van der Waals surface area contributed by atoms with Gasteiger partial charge in [-0.15, -0.1) is 0 Å². The molecule has 0 amide bonds. The molecule has 0 aromatic heterocycles. The van der Waals surface area contributed by atoms with Crippen LogP contribution in [0, 0.1) is 40.4 Å². The Kier molecular flexibility index (Phi) is 11.8. The van der Waals surface area contributed by atoms with E-state index in [0.717, 1.165) is 49.4 Å². The lowest BCUT2D eigenvalue weighted by atomic mass is 9.74. The number of esters is 1. The molecule has 2 aliphatic carbocycles. The fourth-order valence-electron chi connectivity index (χ4n) is 5.86. The Balaban J connectivity index is 0.000000320.